The highest BCUT2D eigenvalue weighted by Crippen LogP contribution is 2.20. The first-order valence-corrected chi connectivity index (χ1v) is 5.87. The molecule has 82 valence electrons. The molecule has 0 saturated carbocycles. The van der Waals surface area contributed by atoms with Crippen molar-refractivity contribution in [1.29, 1.82) is 0 Å². The van der Waals surface area contributed by atoms with Gasteiger partial charge in [0.15, 0.2) is 0 Å². The zero-order valence-electron chi connectivity index (χ0n) is 9.53. The molecule has 0 atom stereocenters. The number of hydrogen-bond donors (Lipinski definition) is 1. The quantitative estimate of drug-likeness (QED) is 0.748. The zero-order valence-corrected chi connectivity index (χ0v) is 10.3. The van der Waals surface area contributed by atoms with E-state index in [9.17, 15) is 0 Å². The molecule has 0 unspecified atom stereocenters. The van der Waals surface area contributed by atoms with E-state index in [1.807, 2.05) is 18.3 Å². The molecular formula is C14H15NS. The third-order valence-corrected chi connectivity index (χ3v) is 2.92. The average Bonchev–Trinajstić information content (AvgIpc) is 2.29. The highest BCUT2D eigenvalue weighted by Gasteiger charge is 2.00. The number of rotatable bonds is 2. The lowest BCUT2D eigenvalue weighted by Crippen LogP contribution is -1.87. The van der Waals surface area contributed by atoms with Crippen LogP contribution in [0.2, 0.25) is 0 Å². The number of hydrogen-bond acceptors (Lipinski definition) is 1. The summed E-state index contributed by atoms with van der Waals surface area (Å²) in [5, 5.41) is 0. The van der Waals surface area contributed by atoms with Crippen molar-refractivity contribution in [1.82, 2.24) is 4.98 Å². The van der Waals surface area contributed by atoms with Crippen molar-refractivity contribution >= 4 is 12.2 Å². The Morgan fingerprint density at radius 2 is 1.75 bits per heavy atom. The van der Waals surface area contributed by atoms with Crippen LogP contribution in [0.1, 0.15) is 25.3 Å². The van der Waals surface area contributed by atoms with Crippen LogP contribution >= 0.6 is 12.2 Å². The summed E-state index contributed by atoms with van der Waals surface area (Å²) in [7, 11) is 0. The van der Waals surface area contributed by atoms with Gasteiger partial charge in [-0.15, -0.1) is 0 Å². The van der Waals surface area contributed by atoms with E-state index in [1.165, 1.54) is 11.1 Å². The van der Waals surface area contributed by atoms with E-state index >= 15 is 0 Å². The summed E-state index contributed by atoms with van der Waals surface area (Å²) in [5.41, 5.74) is 3.61. The van der Waals surface area contributed by atoms with Crippen LogP contribution in [0.5, 0.6) is 0 Å². The topological polar surface area (TPSA) is 15.8 Å². The summed E-state index contributed by atoms with van der Waals surface area (Å²) in [5.74, 6) is 0.573. The van der Waals surface area contributed by atoms with E-state index in [1.54, 1.807) is 0 Å². The molecule has 2 heteroatoms. The van der Waals surface area contributed by atoms with Crippen molar-refractivity contribution in [2.75, 3.05) is 0 Å². The molecule has 1 nitrogen and oxygen atoms in total. The molecule has 2 aromatic rings. The predicted molar refractivity (Wildman–Crippen MR) is 71.2 cm³/mol. The Kier molecular flexibility index (Phi) is 3.20. The van der Waals surface area contributed by atoms with Crippen molar-refractivity contribution in [3.05, 3.63) is 52.7 Å². The lowest BCUT2D eigenvalue weighted by molar-refractivity contribution is 0.867. The van der Waals surface area contributed by atoms with Crippen LogP contribution in [0.3, 0.4) is 0 Å². The zero-order chi connectivity index (χ0) is 11.5. The predicted octanol–water partition coefficient (Wildman–Crippen LogP) is 4.53. The highest BCUT2D eigenvalue weighted by molar-refractivity contribution is 7.71. The van der Waals surface area contributed by atoms with E-state index in [2.05, 4.69) is 43.1 Å². The minimum atomic E-state index is 0.573. The first-order chi connectivity index (χ1) is 7.66. The molecule has 1 aromatic heterocycles. The van der Waals surface area contributed by atoms with Gasteiger partial charge in [0, 0.05) is 16.4 Å². The molecule has 0 bridgehead atoms. The summed E-state index contributed by atoms with van der Waals surface area (Å²) in [6.45, 7) is 4.40. The molecule has 1 aromatic carbocycles. The van der Waals surface area contributed by atoms with Gasteiger partial charge in [0.25, 0.3) is 0 Å². The van der Waals surface area contributed by atoms with Crippen LogP contribution in [0.25, 0.3) is 11.3 Å². The largest absolute Gasteiger partial charge is 0.361 e. The lowest BCUT2D eigenvalue weighted by atomic mass is 10.0. The molecule has 0 amide bonds. The van der Waals surface area contributed by atoms with Crippen LogP contribution in [0, 0.1) is 4.51 Å². The Morgan fingerprint density at radius 1 is 1.06 bits per heavy atom. The van der Waals surface area contributed by atoms with Gasteiger partial charge >= 0.3 is 0 Å². The highest BCUT2D eigenvalue weighted by atomic mass is 32.1. The van der Waals surface area contributed by atoms with E-state index in [0.717, 1.165) is 10.2 Å². The molecule has 0 fully saturated rings. The Morgan fingerprint density at radius 3 is 2.31 bits per heavy atom. The Hall–Kier alpha value is -1.41. The van der Waals surface area contributed by atoms with Crippen molar-refractivity contribution in [2.45, 2.75) is 19.8 Å². The first kappa shape index (κ1) is 11.1. The minimum absolute atomic E-state index is 0.573. The maximum absolute atomic E-state index is 5.15. The normalized spacial score (nSPS) is 10.7. The van der Waals surface area contributed by atoms with Crippen LogP contribution in [-0.2, 0) is 0 Å². The van der Waals surface area contributed by atoms with Crippen molar-refractivity contribution in [3.8, 4) is 11.3 Å². The number of nitrogens with one attached hydrogen (secondary N) is 1. The van der Waals surface area contributed by atoms with Crippen LogP contribution in [-0.4, -0.2) is 4.98 Å². The average molecular weight is 229 g/mol. The van der Waals surface area contributed by atoms with Gasteiger partial charge in [0.05, 0.1) is 0 Å². The standard InChI is InChI=1S/C14H15NS/c1-10(2)11-3-5-12(6-4-11)14-9-13(16)7-8-15-14/h3-10H,1-2H3,(H,15,16). The number of aromatic amines is 1. The second kappa shape index (κ2) is 4.62. The second-order valence-corrected chi connectivity index (χ2v) is 4.69. The third kappa shape index (κ3) is 2.39. The maximum Gasteiger partial charge on any atom is 0.0467 e. The number of benzene rings is 1. The fourth-order valence-electron chi connectivity index (χ4n) is 1.66. The van der Waals surface area contributed by atoms with Gasteiger partial charge in [-0.05, 0) is 29.2 Å². The van der Waals surface area contributed by atoms with E-state index in [-0.39, 0.29) is 0 Å². The van der Waals surface area contributed by atoms with E-state index in [0.29, 0.717) is 5.92 Å². The molecule has 0 aliphatic carbocycles. The minimum Gasteiger partial charge on any atom is -0.361 e. The number of H-pyrrole nitrogens is 1. The van der Waals surface area contributed by atoms with Crippen molar-refractivity contribution in [3.63, 3.8) is 0 Å². The van der Waals surface area contributed by atoms with Gasteiger partial charge in [0.2, 0.25) is 0 Å². The summed E-state index contributed by atoms with van der Waals surface area (Å²) >= 11 is 5.15. The molecule has 0 spiro atoms. The Bertz CT molecular complexity index is 523. The summed E-state index contributed by atoms with van der Waals surface area (Å²) in [6, 6.07) is 12.5. The smallest absolute Gasteiger partial charge is 0.0467 e. The molecule has 2 rings (SSSR count). The van der Waals surface area contributed by atoms with Crippen LogP contribution in [0.4, 0.5) is 0 Å². The molecule has 0 saturated heterocycles. The van der Waals surface area contributed by atoms with Crippen molar-refractivity contribution in [2.24, 2.45) is 0 Å². The number of aromatic nitrogens is 1. The van der Waals surface area contributed by atoms with Crippen LogP contribution in [0.15, 0.2) is 42.6 Å². The summed E-state index contributed by atoms with van der Waals surface area (Å²) < 4.78 is 0.863. The first-order valence-electron chi connectivity index (χ1n) is 5.46. The fraction of sp³-hybridized carbons (Fsp3) is 0.214. The SMILES string of the molecule is CC(C)c1ccc(-c2cc(=S)cc[nH]2)cc1. The third-order valence-electron chi connectivity index (χ3n) is 2.66. The van der Waals surface area contributed by atoms with Crippen molar-refractivity contribution < 1.29 is 0 Å². The van der Waals surface area contributed by atoms with Gasteiger partial charge in [-0.25, -0.2) is 0 Å². The van der Waals surface area contributed by atoms with Gasteiger partial charge in [-0.1, -0.05) is 50.3 Å². The number of pyridine rings is 1. The molecule has 0 radical (unpaired) electrons. The maximum atomic E-state index is 5.15. The molecular weight excluding hydrogens is 214 g/mol. The lowest BCUT2D eigenvalue weighted by Gasteiger charge is -2.06. The molecule has 1 heterocycles. The van der Waals surface area contributed by atoms with E-state index < -0.39 is 0 Å². The monoisotopic (exact) mass is 229 g/mol. The second-order valence-electron chi connectivity index (χ2n) is 4.21. The molecule has 0 aliphatic rings. The van der Waals surface area contributed by atoms with Gasteiger partial charge in [0.1, 0.15) is 0 Å². The van der Waals surface area contributed by atoms with Gasteiger partial charge < -0.3 is 4.98 Å². The molecule has 1 N–H and O–H groups in total. The fourth-order valence-corrected chi connectivity index (χ4v) is 1.85. The van der Waals surface area contributed by atoms with Gasteiger partial charge in [-0.2, -0.15) is 0 Å². The summed E-state index contributed by atoms with van der Waals surface area (Å²) in [6.07, 6.45) is 1.88. The van der Waals surface area contributed by atoms with Gasteiger partial charge in [-0.3, -0.25) is 0 Å². The summed E-state index contributed by atoms with van der Waals surface area (Å²) in [4.78, 5) is 3.21. The Balaban J connectivity index is 2.38. The molecule has 0 aliphatic heterocycles. The van der Waals surface area contributed by atoms with Crippen LogP contribution < -0.4 is 0 Å². The van der Waals surface area contributed by atoms with E-state index in [4.69, 9.17) is 12.2 Å². The molecule has 16 heavy (non-hydrogen) atoms. The Labute approximate surface area is 101 Å².